The minimum atomic E-state index is -0.804. The van der Waals surface area contributed by atoms with Gasteiger partial charge in [-0.25, -0.2) is 0 Å². The quantitative estimate of drug-likeness (QED) is 0.534. The Labute approximate surface area is 90.4 Å². The molecular weight excluding hydrogens is 202 g/mol. The number of nitrogens with zero attached hydrogens (tertiary/aromatic N) is 1. The highest BCUT2D eigenvalue weighted by molar-refractivity contribution is 6.35. The molecule has 82 valence electrons. The molecule has 0 N–H and O–H groups in total. The number of alkyl halides is 1. The van der Waals surface area contributed by atoms with Crippen molar-refractivity contribution in [2.24, 2.45) is 0 Å². The summed E-state index contributed by atoms with van der Waals surface area (Å²) in [6.07, 6.45) is 1.04. The van der Waals surface area contributed by atoms with Crippen molar-refractivity contribution in [3.63, 3.8) is 0 Å². The number of rotatable bonds is 3. The molecule has 0 spiro atoms. The van der Waals surface area contributed by atoms with Gasteiger partial charge in [0.15, 0.2) is 4.87 Å². The Kier molecular flexibility index (Phi) is 3.12. The van der Waals surface area contributed by atoms with Gasteiger partial charge in [0, 0.05) is 18.6 Å². The summed E-state index contributed by atoms with van der Waals surface area (Å²) in [5, 5.41) is 0. The Balaban J connectivity index is 2.54. The maximum atomic E-state index is 11.3. The molecule has 1 heterocycles. The second-order valence-electron chi connectivity index (χ2n) is 4.48. The molecule has 0 unspecified atom stereocenters. The molecule has 0 aromatic carbocycles. The first-order chi connectivity index (χ1) is 6.35. The molecule has 1 rings (SSSR count). The third kappa shape index (κ3) is 1.89. The predicted octanol–water partition coefficient (Wildman–Crippen LogP) is 1.64. The van der Waals surface area contributed by atoms with Crippen molar-refractivity contribution in [3.8, 4) is 0 Å². The molecule has 1 fully saturated rings. The van der Waals surface area contributed by atoms with E-state index in [1.807, 2.05) is 0 Å². The fourth-order valence-corrected chi connectivity index (χ4v) is 1.89. The molecule has 0 aromatic rings. The highest BCUT2D eigenvalue weighted by Crippen LogP contribution is 2.35. The first-order valence-electron chi connectivity index (χ1n) is 4.88. The van der Waals surface area contributed by atoms with Crippen LogP contribution in [0.25, 0.3) is 0 Å². The Morgan fingerprint density at radius 3 is 2.43 bits per heavy atom. The monoisotopic (exact) mass is 219 g/mol. The lowest BCUT2D eigenvalue weighted by molar-refractivity contribution is -0.151. The smallest absolute Gasteiger partial charge is 0.329 e. The lowest BCUT2D eigenvalue weighted by Crippen LogP contribution is -2.68. The number of hydrogen-bond donors (Lipinski definition) is 0. The van der Waals surface area contributed by atoms with Crippen LogP contribution in [0.5, 0.6) is 0 Å². The fourth-order valence-electron chi connectivity index (χ4n) is 1.52. The average Bonchev–Trinajstić information content (AvgIpc) is 2.11. The van der Waals surface area contributed by atoms with E-state index in [2.05, 4.69) is 30.4 Å². The Morgan fingerprint density at radius 1 is 1.57 bits per heavy atom. The molecule has 0 amide bonds. The van der Waals surface area contributed by atoms with Crippen LogP contribution in [-0.4, -0.2) is 41.5 Å². The first-order valence-corrected chi connectivity index (χ1v) is 5.26. The second kappa shape index (κ2) is 3.70. The molecule has 3 nitrogen and oxygen atoms in total. The molecule has 1 saturated heterocycles. The first kappa shape index (κ1) is 11.8. The largest absolute Gasteiger partial charge is 0.468 e. The highest BCUT2D eigenvalue weighted by Gasteiger charge is 2.52. The van der Waals surface area contributed by atoms with Crippen molar-refractivity contribution in [2.75, 3.05) is 20.2 Å². The zero-order valence-corrected chi connectivity index (χ0v) is 10.0. The Bertz CT molecular complexity index is 234. The van der Waals surface area contributed by atoms with Crippen LogP contribution in [0.3, 0.4) is 0 Å². The summed E-state index contributed by atoms with van der Waals surface area (Å²) >= 11 is 6.10. The molecule has 14 heavy (non-hydrogen) atoms. The number of carbonyl (C=O) groups excluding carboxylic acids is 1. The van der Waals surface area contributed by atoms with Crippen molar-refractivity contribution in [1.29, 1.82) is 0 Å². The van der Waals surface area contributed by atoms with Gasteiger partial charge in [-0.2, -0.15) is 0 Å². The zero-order chi connectivity index (χ0) is 11.0. The van der Waals surface area contributed by atoms with E-state index < -0.39 is 4.87 Å². The van der Waals surface area contributed by atoms with Crippen LogP contribution in [0.2, 0.25) is 0 Å². The van der Waals surface area contributed by atoms with Crippen molar-refractivity contribution in [2.45, 2.75) is 37.6 Å². The van der Waals surface area contributed by atoms with Crippen molar-refractivity contribution < 1.29 is 9.53 Å². The molecule has 0 aromatic heterocycles. The number of esters is 1. The minimum absolute atomic E-state index is 0.117. The van der Waals surface area contributed by atoms with E-state index in [-0.39, 0.29) is 11.5 Å². The van der Waals surface area contributed by atoms with E-state index in [1.54, 1.807) is 0 Å². The van der Waals surface area contributed by atoms with Crippen molar-refractivity contribution >= 4 is 17.6 Å². The van der Waals surface area contributed by atoms with Crippen LogP contribution >= 0.6 is 11.6 Å². The molecule has 1 aliphatic heterocycles. The van der Waals surface area contributed by atoms with E-state index in [4.69, 9.17) is 11.6 Å². The van der Waals surface area contributed by atoms with Gasteiger partial charge in [-0.15, -0.1) is 11.6 Å². The number of halogens is 1. The van der Waals surface area contributed by atoms with Gasteiger partial charge >= 0.3 is 5.97 Å². The van der Waals surface area contributed by atoms with Gasteiger partial charge in [-0.1, -0.05) is 6.92 Å². The van der Waals surface area contributed by atoms with Gasteiger partial charge in [0.25, 0.3) is 0 Å². The van der Waals surface area contributed by atoms with Crippen LogP contribution in [0.15, 0.2) is 0 Å². The zero-order valence-electron chi connectivity index (χ0n) is 9.26. The lowest BCUT2D eigenvalue weighted by Gasteiger charge is -2.51. The maximum absolute atomic E-state index is 11.3. The van der Waals surface area contributed by atoms with E-state index in [0.717, 1.165) is 6.42 Å². The molecule has 4 heteroatoms. The van der Waals surface area contributed by atoms with Gasteiger partial charge in [-0.05, 0) is 20.3 Å². The van der Waals surface area contributed by atoms with Crippen LogP contribution < -0.4 is 0 Å². The topological polar surface area (TPSA) is 29.5 Å². The van der Waals surface area contributed by atoms with E-state index in [9.17, 15) is 4.79 Å². The van der Waals surface area contributed by atoms with Crippen LogP contribution in [0, 0.1) is 0 Å². The molecule has 0 atom stereocenters. The third-order valence-corrected chi connectivity index (χ3v) is 3.55. The normalized spacial score (nSPS) is 21.5. The van der Waals surface area contributed by atoms with E-state index in [1.165, 1.54) is 7.11 Å². The number of ether oxygens (including phenoxy) is 1. The summed E-state index contributed by atoms with van der Waals surface area (Å²) in [5.41, 5.74) is 0.117. The van der Waals surface area contributed by atoms with E-state index in [0.29, 0.717) is 13.1 Å². The summed E-state index contributed by atoms with van der Waals surface area (Å²) in [6, 6.07) is 0. The second-order valence-corrected chi connectivity index (χ2v) is 5.20. The van der Waals surface area contributed by atoms with Crippen LogP contribution in [-0.2, 0) is 9.53 Å². The molecule has 0 bridgehead atoms. The molecule has 0 aliphatic carbocycles. The summed E-state index contributed by atoms with van der Waals surface area (Å²) < 4.78 is 4.65. The standard InChI is InChI=1S/C10H18ClNO2/c1-5-9(2,3)12-6-10(11,7-12)8(13)14-4/h5-7H2,1-4H3. The van der Waals surface area contributed by atoms with Gasteiger partial charge in [-0.3, -0.25) is 9.69 Å². The van der Waals surface area contributed by atoms with Crippen molar-refractivity contribution in [3.05, 3.63) is 0 Å². The third-order valence-electron chi connectivity index (χ3n) is 3.16. The minimum Gasteiger partial charge on any atom is -0.468 e. The number of likely N-dealkylation sites (tertiary alicyclic amines) is 1. The highest BCUT2D eigenvalue weighted by atomic mass is 35.5. The van der Waals surface area contributed by atoms with Crippen LogP contribution in [0.1, 0.15) is 27.2 Å². The predicted molar refractivity (Wildman–Crippen MR) is 56.5 cm³/mol. The molecule has 0 saturated carbocycles. The molecule has 1 aliphatic rings. The fraction of sp³-hybridized carbons (Fsp3) is 0.900. The van der Waals surface area contributed by atoms with Gasteiger partial charge in [0.05, 0.1) is 7.11 Å². The summed E-state index contributed by atoms with van der Waals surface area (Å²) in [7, 11) is 1.38. The number of hydrogen-bond acceptors (Lipinski definition) is 3. The van der Waals surface area contributed by atoms with Crippen LogP contribution in [0.4, 0.5) is 0 Å². The summed E-state index contributed by atoms with van der Waals surface area (Å²) in [4.78, 5) is 12.7. The number of carbonyl (C=O) groups is 1. The molecular formula is C10H18ClNO2. The molecule has 0 radical (unpaired) electrons. The summed E-state index contributed by atoms with van der Waals surface area (Å²) in [6.45, 7) is 7.61. The SMILES string of the molecule is CCC(C)(C)N1CC(Cl)(C(=O)OC)C1. The van der Waals surface area contributed by atoms with Gasteiger partial charge < -0.3 is 4.74 Å². The Hall–Kier alpha value is -0.280. The lowest BCUT2D eigenvalue weighted by atomic mass is 9.89. The Morgan fingerprint density at radius 2 is 2.07 bits per heavy atom. The maximum Gasteiger partial charge on any atom is 0.329 e. The summed E-state index contributed by atoms with van der Waals surface area (Å²) in [5.74, 6) is -0.317. The van der Waals surface area contributed by atoms with E-state index >= 15 is 0 Å². The van der Waals surface area contributed by atoms with Crippen molar-refractivity contribution in [1.82, 2.24) is 4.90 Å². The van der Waals surface area contributed by atoms with Gasteiger partial charge in [0.1, 0.15) is 0 Å². The van der Waals surface area contributed by atoms with Gasteiger partial charge in [0.2, 0.25) is 0 Å². The average molecular weight is 220 g/mol. The number of methoxy groups -OCH3 is 1.